The monoisotopic (exact) mass is 300 g/mol. The van der Waals surface area contributed by atoms with E-state index in [-0.39, 0.29) is 6.54 Å². The molecule has 0 unspecified atom stereocenters. The van der Waals surface area contributed by atoms with E-state index in [1.807, 2.05) is 12.4 Å². The molecular formula is C11H16N4O2S2. The number of sulfonamides is 1. The second-order valence-corrected chi connectivity index (χ2v) is 6.98. The topological polar surface area (TPSA) is 76.0 Å². The molecule has 0 saturated carbocycles. The van der Waals surface area contributed by atoms with Crippen molar-refractivity contribution in [2.24, 2.45) is 7.05 Å². The summed E-state index contributed by atoms with van der Waals surface area (Å²) in [7, 11) is 0.152. The van der Waals surface area contributed by atoms with Crippen LogP contribution in [-0.4, -0.2) is 25.2 Å². The predicted molar refractivity (Wildman–Crippen MR) is 74.3 cm³/mol. The Morgan fingerprint density at radius 2 is 2.21 bits per heavy atom. The molecule has 0 saturated heterocycles. The Balaban J connectivity index is 2.07. The summed E-state index contributed by atoms with van der Waals surface area (Å²) in [5, 5.41) is 8.83. The third kappa shape index (κ3) is 3.41. The predicted octanol–water partition coefficient (Wildman–Crippen LogP) is 0.679. The summed E-state index contributed by atoms with van der Waals surface area (Å²) in [6.45, 7) is 0.895. The molecule has 2 N–H and O–H groups in total. The van der Waals surface area contributed by atoms with Crippen molar-refractivity contribution in [3.63, 3.8) is 0 Å². The molecule has 8 heteroatoms. The van der Waals surface area contributed by atoms with E-state index in [0.717, 1.165) is 11.3 Å². The molecule has 0 aliphatic heterocycles. The number of aryl methyl sites for hydroxylation is 1. The molecule has 0 amide bonds. The molecule has 0 radical (unpaired) electrons. The molecule has 104 valence electrons. The van der Waals surface area contributed by atoms with Gasteiger partial charge in [0, 0.05) is 19.8 Å². The highest BCUT2D eigenvalue weighted by Gasteiger charge is 2.16. The van der Waals surface area contributed by atoms with Crippen LogP contribution < -0.4 is 10.0 Å². The highest BCUT2D eigenvalue weighted by atomic mass is 32.2. The first-order valence-electron chi connectivity index (χ1n) is 5.71. The van der Waals surface area contributed by atoms with Gasteiger partial charge in [0.1, 0.15) is 4.21 Å². The Morgan fingerprint density at radius 1 is 1.42 bits per heavy atom. The Bertz CT molecular complexity index is 645. The zero-order chi connectivity index (χ0) is 13.9. The van der Waals surface area contributed by atoms with Gasteiger partial charge in [-0.05, 0) is 30.1 Å². The van der Waals surface area contributed by atoms with Crippen molar-refractivity contribution >= 4 is 21.4 Å². The maximum Gasteiger partial charge on any atom is 0.250 e. The van der Waals surface area contributed by atoms with Gasteiger partial charge in [-0.15, -0.1) is 11.3 Å². The molecular weight excluding hydrogens is 284 g/mol. The molecule has 0 aromatic carbocycles. The van der Waals surface area contributed by atoms with E-state index < -0.39 is 10.0 Å². The zero-order valence-corrected chi connectivity index (χ0v) is 12.4. The van der Waals surface area contributed by atoms with E-state index in [9.17, 15) is 8.42 Å². The number of hydrogen-bond donors (Lipinski definition) is 2. The number of nitrogens with zero attached hydrogens (tertiary/aromatic N) is 2. The van der Waals surface area contributed by atoms with Gasteiger partial charge in [-0.3, -0.25) is 4.68 Å². The van der Waals surface area contributed by atoms with Crippen molar-refractivity contribution in [3.8, 4) is 0 Å². The fourth-order valence-corrected chi connectivity index (χ4v) is 3.86. The fourth-order valence-electron chi connectivity index (χ4n) is 1.61. The molecule has 0 fully saturated rings. The molecule has 0 atom stereocenters. The van der Waals surface area contributed by atoms with Crippen LogP contribution in [0, 0.1) is 0 Å². The Kier molecular flexibility index (Phi) is 4.35. The molecule has 0 aliphatic carbocycles. The van der Waals surface area contributed by atoms with Crippen molar-refractivity contribution in [2.75, 3.05) is 7.05 Å². The van der Waals surface area contributed by atoms with Gasteiger partial charge in [-0.2, -0.15) is 5.10 Å². The maximum absolute atomic E-state index is 12.1. The minimum Gasteiger partial charge on any atom is -0.316 e. The van der Waals surface area contributed by atoms with Gasteiger partial charge in [0.25, 0.3) is 0 Å². The minimum absolute atomic E-state index is 0.234. The van der Waals surface area contributed by atoms with Crippen LogP contribution in [0.2, 0.25) is 0 Å². The van der Waals surface area contributed by atoms with Crippen molar-refractivity contribution in [1.29, 1.82) is 0 Å². The lowest BCUT2D eigenvalue weighted by atomic mass is 10.3. The summed E-state index contributed by atoms with van der Waals surface area (Å²) in [6, 6.07) is 3.47. The lowest BCUT2D eigenvalue weighted by molar-refractivity contribution is 0.579. The quantitative estimate of drug-likeness (QED) is 0.822. The first-order valence-corrected chi connectivity index (χ1v) is 8.08. The van der Waals surface area contributed by atoms with Crippen molar-refractivity contribution in [1.82, 2.24) is 19.8 Å². The van der Waals surface area contributed by atoms with Crippen molar-refractivity contribution < 1.29 is 8.42 Å². The summed E-state index contributed by atoms with van der Waals surface area (Å²) in [6.07, 6.45) is 1.64. The van der Waals surface area contributed by atoms with E-state index in [1.165, 1.54) is 11.3 Å². The van der Waals surface area contributed by atoms with Crippen LogP contribution in [-0.2, 0) is 30.2 Å². The van der Waals surface area contributed by atoms with Crippen LogP contribution in [0.5, 0.6) is 0 Å². The van der Waals surface area contributed by atoms with Gasteiger partial charge < -0.3 is 5.32 Å². The first kappa shape index (κ1) is 14.2. The summed E-state index contributed by atoms with van der Waals surface area (Å²) >= 11 is 1.22. The fraction of sp³-hybridized carbons (Fsp3) is 0.364. The van der Waals surface area contributed by atoms with Crippen LogP contribution >= 0.6 is 11.3 Å². The van der Waals surface area contributed by atoms with Gasteiger partial charge in [0.2, 0.25) is 10.0 Å². The molecule has 2 aromatic rings. The lowest BCUT2D eigenvalue weighted by Crippen LogP contribution is -2.23. The molecule has 0 spiro atoms. The van der Waals surface area contributed by atoms with Crippen LogP contribution in [0.1, 0.15) is 11.3 Å². The Hall–Kier alpha value is -1.22. The molecule has 6 nitrogen and oxygen atoms in total. The highest BCUT2D eigenvalue weighted by Crippen LogP contribution is 2.20. The summed E-state index contributed by atoms with van der Waals surface area (Å²) in [4.78, 5) is 0. The minimum atomic E-state index is -3.45. The molecule has 0 bridgehead atoms. The third-order valence-corrected chi connectivity index (χ3v) is 5.53. The summed E-state index contributed by atoms with van der Waals surface area (Å²) < 4.78 is 28.8. The average Bonchev–Trinajstić information content (AvgIpc) is 2.97. The smallest absolute Gasteiger partial charge is 0.250 e. The highest BCUT2D eigenvalue weighted by molar-refractivity contribution is 7.91. The van der Waals surface area contributed by atoms with Crippen LogP contribution in [0.3, 0.4) is 0 Å². The van der Waals surface area contributed by atoms with Crippen LogP contribution in [0.25, 0.3) is 0 Å². The molecule has 2 heterocycles. The number of rotatable bonds is 6. The SMILES string of the molecule is CNCc1csc(S(=O)(=O)NCc2ccnn2C)c1. The van der Waals surface area contributed by atoms with Crippen LogP contribution in [0.4, 0.5) is 0 Å². The van der Waals surface area contributed by atoms with Gasteiger partial charge in [0.15, 0.2) is 0 Å². The number of thiophene rings is 1. The first-order chi connectivity index (χ1) is 9.03. The van der Waals surface area contributed by atoms with Gasteiger partial charge in [0.05, 0.1) is 12.2 Å². The zero-order valence-electron chi connectivity index (χ0n) is 10.8. The van der Waals surface area contributed by atoms with Crippen LogP contribution in [0.15, 0.2) is 27.9 Å². The molecule has 0 aliphatic rings. The Labute approximate surface area is 116 Å². The number of hydrogen-bond acceptors (Lipinski definition) is 5. The third-order valence-electron chi connectivity index (χ3n) is 2.64. The van der Waals surface area contributed by atoms with Crippen molar-refractivity contribution in [2.45, 2.75) is 17.3 Å². The van der Waals surface area contributed by atoms with Gasteiger partial charge in [-0.1, -0.05) is 0 Å². The molecule has 2 rings (SSSR count). The maximum atomic E-state index is 12.1. The second-order valence-electron chi connectivity index (χ2n) is 4.08. The second kappa shape index (κ2) is 5.83. The summed E-state index contributed by atoms with van der Waals surface area (Å²) in [5.74, 6) is 0. The van der Waals surface area contributed by atoms with E-state index in [2.05, 4.69) is 15.1 Å². The van der Waals surface area contributed by atoms with E-state index >= 15 is 0 Å². The van der Waals surface area contributed by atoms with E-state index in [4.69, 9.17) is 0 Å². The van der Waals surface area contributed by atoms with Gasteiger partial charge in [-0.25, -0.2) is 13.1 Å². The average molecular weight is 300 g/mol. The van der Waals surface area contributed by atoms with E-state index in [1.54, 1.807) is 30.1 Å². The lowest BCUT2D eigenvalue weighted by Gasteiger charge is -2.04. The largest absolute Gasteiger partial charge is 0.316 e. The normalized spacial score (nSPS) is 11.9. The van der Waals surface area contributed by atoms with Crippen molar-refractivity contribution in [3.05, 3.63) is 35.0 Å². The standard InChI is InChI=1S/C11H16N4O2S2/c1-12-6-9-5-11(18-8-9)19(16,17)14-7-10-3-4-13-15(10)2/h3-5,8,12,14H,6-7H2,1-2H3. The van der Waals surface area contributed by atoms with E-state index in [0.29, 0.717) is 10.8 Å². The van der Waals surface area contributed by atoms with Gasteiger partial charge >= 0.3 is 0 Å². The number of nitrogens with one attached hydrogen (secondary N) is 2. The molecule has 2 aromatic heterocycles. The Morgan fingerprint density at radius 3 is 2.84 bits per heavy atom. The number of aromatic nitrogens is 2. The molecule has 19 heavy (non-hydrogen) atoms. The summed E-state index contributed by atoms with van der Waals surface area (Å²) in [5.41, 5.74) is 1.78.